The zero-order chi connectivity index (χ0) is 15.1. The Morgan fingerprint density at radius 2 is 2.25 bits per heavy atom. The molecule has 0 saturated heterocycles. The van der Waals surface area contributed by atoms with Gasteiger partial charge in [-0.05, 0) is 39.1 Å². The van der Waals surface area contributed by atoms with Gasteiger partial charge in [-0.2, -0.15) is 5.10 Å². The average molecular weight is 297 g/mol. The molecule has 0 radical (unpaired) electrons. The van der Waals surface area contributed by atoms with Crippen LogP contribution in [0.4, 0.5) is 0 Å². The molecule has 0 aromatic carbocycles. The van der Waals surface area contributed by atoms with Crippen LogP contribution in [0.5, 0.6) is 0 Å². The molecule has 1 aromatic rings. The van der Waals surface area contributed by atoms with Crippen molar-refractivity contribution in [3.8, 4) is 0 Å². The maximum absolute atomic E-state index is 10.5. The number of carboxylic acid groups (broad SMARTS) is 1. The smallest absolute Gasteiger partial charge is 0.303 e. The molecule has 0 bridgehead atoms. The Kier molecular flexibility index (Phi) is 6.17. The lowest BCUT2D eigenvalue weighted by molar-refractivity contribution is -0.137. The highest BCUT2D eigenvalue weighted by Gasteiger charge is 2.11. The molecule has 1 aromatic heterocycles. The van der Waals surface area contributed by atoms with Crippen molar-refractivity contribution >= 4 is 29.0 Å². The van der Waals surface area contributed by atoms with Gasteiger partial charge in [0.2, 0.25) is 0 Å². The van der Waals surface area contributed by atoms with E-state index in [9.17, 15) is 4.79 Å². The van der Waals surface area contributed by atoms with Crippen LogP contribution in [0.3, 0.4) is 0 Å². The summed E-state index contributed by atoms with van der Waals surface area (Å²) in [6.07, 6.45) is 0.415. The summed E-state index contributed by atoms with van der Waals surface area (Å²) in [5.74, 6) is 0.509. The van der Waals surface area contributed by atoms with E-state index in [1.807, 2.05) is 26.8 Å². The van der Waals surface area contributed by atoms with Crippen molar-refractivity contribution in [2.75, 3.05) is 6.54 Å². The number of carbonyl (C=O) groups is 1. The fraction of sp³-hybridized carbons (Fsp3) is 0.462. The van der Waals surface area contributed by atoms with E-state index in [1.54, 1.807) is 0 Å². The van der Waals surface area contributed by atoms with Crippen LogP contribution in [0.15, 0.2) is 15.6 Å². The van der Waals surface area contributed by atoms with E-state index >= 15 is 0 Å². The molecule has 0 saturated carbocycles. The number of carboxylic acids is 1. The lowest BCUT2D eigenvalue weighted by Crippen LogP contribution is -2.32. The van der Waals surface area contributed by atoms with E-state index in [1.165, 1.54) is 0 Å². The van der Waals surface area contributed by atoms with Gasteiger partial charge in [0.05, 0.1) is 12.1 Å². The molecule has 0 fully saturated rings. The minimum atomic E-state index is -0.844. The number of nitrogens with zero attached hydrogens (tertiary/aromatic N) is 1. The van der Waals surface area contributed by atoms with Gasteiger partial charge in [-0.25, -0.2) is 0 Å². The van der Waals surface area contributed by atoms with E-state index in [-0.39, 0.29) is 6.42 Å². The van der Waals surface area contributed by atoms with Gasteiger partial charge in [-0.3, -0.25) is 10.2 Å². The van der Waals surface area contributed by atoms with E-state index in [4.69, 9.17) is 21.7 Å². The molecule has 7 heteroatoms. The molecule has 0 aliphatic carbocycles. The van der Waals surface area contributed by atoms with Crippen molar-refractivity contribution in [1.29, 1.82) is 0 Å². The van der Waals surface area contributed by atoms with Gasteiger partial charge < -0.3 is 14.8 Å². The van der Waals surface area contributed by atoms with Crippen molar-refractivity contribution < 1.29 is 14.3 Å². The van der Waals surface area contributed by atoms with Crippen LogP contribution in [0.25, 0.3) is 0 Å². The van der Waals surface area contributed by atoms with Gasteiger partial charge in [-0.1, -0.05) is 0 Å². The molecule has 1 rings (SSSR count). The number of hydrogen-bond acceptors (Lipinski definition) is 4. The van der Waals surface area contributed by atoms with Crippen LogP contribution in [0, 0.1) is 6.92 Å². The standard InChI is InChI=1S/C13H19N3O3S/c1-4-14-13(20)16-15-8(2)11-7-10(19-9(11)3)5-6-12(17)18/h7H,4-6H2,1-3H3,(H,17,18)(H2,14,16,20)/b15-8-. The molecule has 110 valence electrons. The molecule has 0 aliphatic rings. The number of rotatable bonds is 6. The number of thiocarbonyl (C=S) groups is 1. The fourth-order valence-corrected chi connectivity index (χ4v) is 1.84. The van der Waals surface area contributed by atoms with Gasteiger partial charge in [0.15, 0.2) is 5.11 Å². The Hall–Kier alpha value is -1.89. The second kappa shape index (κ2) is 7.64. The van der Waals surface area contributed by atoms with Crippen LogP contribution in [0.1, 0.15) is 37.4 Å². The minimum Gasteiger partial charge on any atom is -0.481 e. The normalized spacial score (nSPS) is 11.2. The number of hydrazone groups is 1. The maximum atomic E-state index is 10.5. The molecule has 0 spiro atoms. The molecule has 20 heavy (non-hydrogen) atoms. The molecular weight excluding hydrogens is 278 g/mol. The maximum Gasteiger partial charge on any atom is 0.303 e. The highest BCUT2D eigenvalue weighted by molar-refractivity contribution is 7.80. The highest BCUT2D eigenvalue weighted by atomic mass is 32.1. The monoisotopic (exact) mass is 297 g/mol. The van der Waals surface area contributed by atoms with E-state index in [0.717, 1.165) is 17.8 Å². The van der Waals surface area contributed by atoms with Crippen LogP contribution in [0.2, 0.25) is 0 Å². The third-order valence-electron chi connectivity index (χ3n) is 2.61. The van der Waals surface area contributed by atoms with Crippen molar-refractivity contribution in [3.05, 3.63) is 23.2 Å². The highest BCUT2D eigenvalue weighted by Crippen LogP contribution is 2.17. The van der Waals surface area contributed by atoms with Crippen molar-refractivity contribution in [3.63, 3.8) is 0 Å². The first-order chi connectivity index (χ1) is 9.43. The number of hydrogen-bond donors (Lipinski definition) is 3. The Bertz CT molecular complexity index is 523. The van der Waals surface area contributed by atoms with E-state index < -0.39 is 5.97 Å². The molecule has 0 aliphatic heterocycles. The van der Waals surface area contributed by atoms with Gasteiger partial charge in [0.25, 0.3) is 0 Å². The minimum absolute atomic E-state index is 0.0470. The third-order valence-corrected chi connectivity index (χ3v) is 2.84. The van der Waals surface area contributed by atoms with Crippen molar-refractivity contribution in [1.82, 2.24) is 10.7 Å². The summed E-state index contributed by atoms with van der Waals surface area (Å²) in [6, 6.07) is 1.81. The lowest BCUT2D eigenvalue weighted by atomic mass is 10.1. The number of aryl methyl sites for hydroxylation is 2. The first-order valence-electron chi connectivity index (χ1n) is 6.33. The third kappa shape index (κ3) is 5.00. The number of aliphatic carboxylic acids is 1. The zero-order valence-corrected chi connectivity index (χ0v) is 12.6. The Morgan fingerprint density at radius 1 is 1.55 bits per heavy atom. The summed E-state index contributed by atoms with van der Waals surface area (Å²) in [7, 11) is 0. The van der Waals surface area contributed by atoms with Crippen molar-refractivity contribution in [2.24, 2.45) is 5.10 Å². The van der Waals surface area contributed by atoms with Gasteiger partial charge in [0.1, 0.15) is 11.5 Å². The first kappa shape index (κ1) is 16.2. The van der Waals surface area contributed by atoms with Gasteiger partial charge >= 0.3 is 5.97 Å². The molecule has 3 N–H and O–H groups in total. The van der Waals surface area contributed by atoms with E-state index in [2.05, 4.69) is 15.8 Å². The predicted molar refractivity (Wildman–Crippen MR) is 81.0 cm³/mol. The Labute approximate surface area is 123 Å². The Balaban J connectivity index is 2.72. The topological polar surface area (TPSA) is 86.9 Å². The van der Waals surface area contributed by atoms with E-state index in [0.29, 0.717) is 23.1 Å². The Morgan fingerprint density at radius 3 is 2.85 bits per heavy atom. The zero-order valence-electron chi connectivity index (χ0n) is 11.8. The summed E-state index contributed by atoms with van der Waals surface area (Å²) in [4.78, 5) is 10.5. The van der Waals surface area contributed by atoms with Crippen LogP contribution < -0.4 is 10.7 Å². The molecule has 0 unspecified atom stereocenters. The van der Waals surface area contributed by atoms with Crippen LogP contribution in [-0.4, -0.2) is 28.4 Å². The van der Waals surface area contributed by atoms with Crippen LogP contribution >= 0.6 is 12.2 Å². The first-order valence-corrected chi connectivity index (χ1v) is 6.74. The molecular formula is C13H19N3O3S. The molecule has 6 nitrogen and oxygen atoms in total. The molecule has 0 atom stereocenters. The van der Waals surface area contributed by atoms with Crippen LogP contribution in [-0.2, 0) is 11.2 Å². The molecule has 0 amide bonds. The SMILES string of the molecule is CCNC(=S)N/N=C(/C)c1cc(CCC(=O)O)oc1C. The molecule has 1 heterocycles. The second-order valence-electron chi connectivity index (χ2n) is 4.24. The largest absolute Gasteiger partial charge is 0.481 e. The summed E-state index contributed by atoms with van der Waals surface area (Å²) in [5.41, 5.74) is 4.32. The number of furan rings is 1. The fourth-order valence-electron chi connectivity index (χ4n) is 1.65. The average Bonchev–Trinajstić information content (AvgIpc) is 2.75. The second-order valence-corrected chi connectivity index (χ2v) is 4.65. The lowest BCUT2D eigenvalue weighted by Gasteiger charge is -2.04. The summed E-state index contributed by atoms with van der Waals surface area (Å²) in [5, 5.41) is 16.2. The van der Waals surface area contributed by atoms with Gasteiger partial charge in [-0.15, -0.1) is 0 Å². The summed E-state index contributed by atoms with van der Waals surface area (Å²) in [6.45, 7) is 6.33. The predicted octanol–water partition coefficient (Wildman–Crippen LogP) is 1.81. The number of nitrogens with one attached hydrogen (secondary N) is 2. The summed E-state index contributed by atoms with van der Waals surface area (Å²) >= 11 is 5.01. The van der Waals surface area contributed by atoms with Crippen molar-refractivity contribution in [2.45, 2.75) is 33.6 Å². The summed E-state index contributed by atoms with van der Waals surface area (Å²) < 4.78 is 5.52. The van der Waals surface area contributed by atoms with Gasteiger partial charge in [0, 0.05) is 18.5 Å². The quantitative estimate of drug-likeness (QED) is 0.422.